The second-order valence-electron chi connectivity index (χ2n) is 8.06. The highest BCUT2D eigenvalue weighted by atomic mass is 35.5. The molecule has 0 saturated carbocycles. The summed E-state index contributed by atoms with van der Waals surface area (Å²) < 4.78 is 1.70. The topological polar surface area (TPSA) is 107 Å². The third kappa shape index (κ3) is 3.88. The van der Waals surface area contributed by atoms with Crippen LogP contribution in [0.4, 0.5) is 5.82 Å². The van der Waals surface area contributed by atoms with Crippen LogP contribution in [0.3, 0.4) is 0 Å². The first-order valence-corrected chi connectivity index (χ1v) is 10.8. The molecule has 164 valence electrons. The summed E-state index contributed by atoms with van der Waals surface area (Å²) in [6, 6.07) is 15.0. The van der Waals surface area contributed by atoms with Crippen LogP contribution in [0.2, 0.25) is 5.15 Å². The summed E-state index contributed by atoms with van der Waals surface area (Å²) in [5, 5.41) is 23.9. The summed E-state index contributed by atoms with van der Waals surface area (Å²) in [6.07, 6.45) is 2.40. The average molecular weight is 459 g/mol. The molecule has 1 atom stereocenters. The highest BCUT2D eigenvalue weighted by Crippen LogP contribution is 2.36. The van der Waals surface area contributed by atoms with Crippen molar-refractivity contribution in [1.82, 2.24) is 19.6 Å². The van der Waals surface area contributed by atoms with Gasteiger partial charge in [0.25, 0.3) is 0 Å². The van der Waals surface area contributed by atoms with Gasteiger partial charge in [-0.3, -0.25) is 4.79 Å². The Balaban J connectivity index is 1.71. The quantitative estimate of drug-likeness (QED) is 0.456. The lowest BCUT2D eigenvalue weighted by molar-refractivity contribution is -0.140. The van der Waals surface area contributed by atoms with Gasteiger partial charge in [0.1, 0.15) is 16.7 Å². The van der Waals surface area contributed by atoms with Gasteiger partial charge in [0.15, 0.2) is 5.65 Å². The van der Waals surface area contributed by atoms with Gasteiger partial charge in [0.2, 0.25) is 0 Å². The third-order valence-corrected chi connectivity index (χ3v) is 6.00. The summed E-state index contributed by atoms with van der Waals surface area (Å²) in [5.41, 5.74) is 4.95. The van der Waals surface area contributed by atoms with Gasteiger partial charge in [-0.05, 0) is 49.2 Å². The van der Waals surface area contributed by atoms with Gasteiger partial charge in [-0.2, -0.15) is 10.4 Å². The lowest BCUT2D eigenvalue weighted by Gasteiger charge is -2.17. The molecule has 1 aliphatic heterocycles. The van der Waals surface area contributed by atoms with Crippen LogP contribution in [0, 0.1) is 24.2 Å². The number of halogens is 1. The van der Waals surface area contributed by atoms with Crippen LogP contribution in [-0.2, 0) is 4.79 Å². The van der Waals surface area contributed by atoms with Gasteiger partial charge in [-0.1, -0.05) is 23.7 Å². The standard InChI is InChI=1S/C24H19ClN6O2/c1-14-9-18(11-19(25)27-14)21-22(16-4-2-3-15(10-16)12-26)29-31-8-6-20(28-23(21)31)30-7-5-17(13-30)24(32)33/h2-4,6,8-11,17H,5,7,13H2,1H3,(H,32,33)/t17-/m1/s1. The number of anilines is 1. The summed E-state index contributed by atoms with van der Waals surface area (Å²) in [7, 11) is 0. The molecule has 1 N–H and O–H groups in total. The number of aromatic nitrogens is 4. The first-order valence-electron chi connectivity index (χ1n) is 10.4. The maximum Gasteiger partial charge on any atom is 0.308 e. The fraction of sp³-hybridized carbons (Fsp3) is 0.208. The monoisotopic (exact) mass is 458 g/mol. The Morgan fingerprint density at radius 3 is 2.79 bits per heavy atom. The number of nitriles is 1. The lowest BCUT2D eigenvalue weighted by Crippen LogP contribution is -2.23. The number of hydrogen-bond donors (Lipinski definition) is 1. The van der Waals surface area contributed by atoms with Crippen molar-refractivity contribution in [2.45, 2.75) is 13.3 Å². The molecule has 33 heavy (non-hydrogen) atoms. The highest BCUT2D eigenvalue weighted by molar-refractivity contribution is 6.29. The number of rotatable bonds is 4. The molecule has 4 aromatic rings. The third-order valence-electron chi connectivity index (χ3n) is 5.81. The number of pyridine rings is 1. The number of carbonyl (C=O) groups is 1. The van der Waals surface area contributed by atoms with Crippen LogP contribution in [-0.4, -0.2) is 43.7 Å². The van der Waals surface area contributed by atoms with Gasteiger partial charge in [0, 0.05) is 30.5 Å². The van der Waals surface area contributed by atoms with E-state index in [-0.39, 0.29) is 0 Å². The predicted octanol–water partition coefficient (Wildman–Crippen LogP) is 4.20. The van der Waals surface area contributed by atoms with E-state index < -0.39 is 11.9 Å². The molecule has 0 amide bonds. The molecule has 0 spiro atoms. The zero-order valence-corrected chi connectivity index (χ0v) is 18.5. The number of hydrogen-bond acceptors (Lipinski definition) is 6. The van der Waals surface area contributed by atoms with Gasteiger partial charge in [-0.25, -0.2) is 14.5 Å². The van der Waals surface area contributed by atoms with Crippen molar-refractivity contribution in [3.8, 4) is 28.5 Å². The van der Waals surface area contributed by atoms with Crippen LogP contribution >= 0.6 is 11.6 Å². The Kier molecular flexibility index (Phi) is 5.19. The Hall–Kier alpha value is -3.96. The van der Waals surface area contributed by atoms with E-state index >= 15 is 0 Å². The van der Waals surface area contributed by atoms with E-state index in [2.05, 4.69) is 11.1 Å². The smallest absolute Gasteiger partial charge is 0.308 e. The van der Waals surface area contributed by atoms with E-state index in [0.29, 0.717) is 47.4 Å². The summed E-state index contributed by atoms with van der Waals surface area (Å²) in [6.45, 7) is 2.91. The summed E-state index contributed by atoms with van der Waals surface area (Å²) >= 11 is 6.28. The Labute approximate surface area is 194 Å². The van der Waals surface area contributed by atoms with Crippen LogP contribution in [0.5, 0.6) is 0 Å². The number of fused-ring (bicyclic) bond motifs is 1. The number of carboxylic acid groups (broad SMARTS) is 1. The van der Waals surface area contributed by atoms with E-state index in [1.54, 1.807) is 22.7 Å². The minimum atomic E-state index is -0.787. The minimum Gasteiger partial charge on any atom is -0.481 e. The van der Waals surface area contributed by atoms with Crippen molar-refractivity contribution in [2.75, 3.05) is 18.0 Å². The molecule has 8 nitrogen and oxygen atoms in total. The van der Waals surface area contributed by atoms with Crippen molar-refractivity contribution in [3.63, 3.8) is 0 Å². The zero-order chi connectivity index (χ0) is 23.1. The average Bonchev–Trinajstić information content (AvgIpc) is 3.43. The number of aliphatic carboxylic acids is 1. The molecule has 1 aromatic carbocycles. The van der Waals surface area contributed by atoms with E-state index in [4.69, 9.17) is 21.7 Å². The molecule has 5 rings (SSSR count). The molecular formula is C24H19ClN6O2. The Bertz CT molecular complexity index is 1420. The fourth-order valence-electron chi connectivity index (χ4n) is 4.24. The van der Waals surface area contributed by atoms with Crippen LogP contribution < -0.4 is 4.90 Å². The van der Waals surface area contributed by atoms with Crippen molar-refractivity contribution in [2.24, 2.45) is 5.92 Å². The van der Waals surface area contributed by atoms with Crippen LogP contribution in [0.1, 0.15) is 17.7 Å². The first kappa shape index (κ1) is 20.9. The Morgan fingerprint density at radius 2 is 2.06 bits per heavy atom. The second-order valence-corrected chi connectivity index (χ2v) is 8.45. The van der Waals surface area contributed by atoms with E-state index in [9.17, 15) is 15.2 Å². The van der Waals surface area contributed by atoms with Crippen molar-refractivity contribution >= 4 is 29.0 Å². The molecule has 3 aromatic heterocycles. The van der Waals surface area contributed by atoms with Crippen molar-refractivity contribution in [3.05, 3.63) is 65.1 Å². The first-order chi connectivity index (χ1) is 15.9. The summed E-state index contributed by atoms with van der Waals surface area (Å²) in [5.74, 6) is -0.495. The summed E-state index contributed by atoms with van der Waals surface area (Å²) in [4.78, 5) is 22.5. The van der Waals surface area contributed by atoms with Gasteiger partial charge in [-0.15, -0.1) is 0 Å². The molecule has 9 heteroatoms. The van der Waals surface area contributed by atoms with Crippen molar-refractivity contribution in [1.29, 1.82) is 5.26 Å². The van der Waals surface area contributed by atoms with E-state index in [0.717, 1.165) is 22.4 Å². The number of aryl methyl sites for hydroxylation is 1. The van der Waals surface area contributed by atoms with Crippen LogP contribution in [0.25, 0.3) is 28.0 Å². The van der Waals surface area contributed by atoms with Gasteiger partial charge in [0.05, 0.1) is 23.1 Å². The SMILES string of the molecule is Cc1cc(-c2c(-c3cccc(C#N)c3)nn3ccc(N4CC[C@@H](C(=O)O)C4)nc23)cc(Cl)n1. The molecule has 0 radical (unpaired) electrons. The van der Waals surface area contributed by atoms with E-state index in [1.165, 1.54) is 0 Å². The minimum absolute atomic E-state index is 0.362. The highest BCUT2D eigenvalue weighted by Gasteiger charge is 2.29. The predicted molar refractivity (Wildman–Crippen MR) is 124 cm³/mol. The lowest BCUT2D eigenvalue weighted by atomic mass is 10.00. The fourth-order valence-corrected chi connectivity index (χ4v) is 4.49. The molecule has 1 fully saturated rings. The molecular weight excluding hydrogens is 440 g/mol. The van der Waals surface area contributed by atoms with Gasteiger partial charge >= 0.3 is 5.97 Å². The van der Waals surface area contributed by atoms with Gasteiger partial charge < -0.3 is 10.0 Å². The molecule has 1 saturated heterocycles. The molecule has 0 bridgehead atoms. The van der Waals surface area contributed by atoms with Crippen molar-refractivity contribution < 1.29 is 9.90 Å². The van der Waals surface area contributed by atoms with Crippen LogP contribution in [0.15, 0.2) is 48.7 Å². The maximum absolute atomic E-state index is 11.4. The number of carboxylic acids is 1. The van der Waals surface area contributed by atoms with E-state index in [1.807, 2.05) is 42.3 Å². The zero-order valence-electron chi connectivity index (χ0n) is 17.7. The molecule has 0 aliphatic carbocycles. The second kappa shape index (κ2) is 8.19. The largest absolute Gasteiger partial charge is 0.481 e. The number of nitrogens with zero attached hydrogens (tertiary/aromatic N) is 6. The Morgan fingerprint density at radius 1 is 1.21 bits per heavy atom. The normalized spacial score (nSPS) is 15.7. The number of benzene rings is 1. The molecule has 4 heterocycles. The maximum atomic E-state index is 11.4. The molecule has 0 unspecified atom stereocenters. The molecule has 1 aliphatic rings.